The number of methoxy groups -OCH3 is 2. The van der Waals surface area contributed by atoms with E-state index in [1.165, 1.54) is 30.2 Å². The summed E-state index contributed by atoms with van der Waals surface area (Å²) in [6.07, 6.45) is 1.51. The topological polar surface area (TPSA) is 167 Å². The third-order valence-corrected chi connectivity index (χ3v) is 8.94. The van der Waals surface area contributed by atoms with Crippen LogP contribution in [0.1, 0.15) is 36.3 Å². The molecular weight excluding hydrogens is 574 g/mol. The van der Waals surface area contributed by atoms with Crippen LogP contribution in [-0.2, 0) is 9.59 Å². The van der Waals surface area contributed by atoms with Gasteiger partial charge in [0.25, 0.3) is 0 Å². The summed E-state index contributed by atoms with van der Waals surface area (Å²) in [7, 11) is 3.07. The Hall–Kier alpha value is -4.85. The molecule has 3 N–H and O–H groups in total. The minimum atomic E-state index is -0.735. The number of anilines is 2. The van der Waals surface area contributed by atoms with E-state index in [0.717, 1.165) is 0 Å². The molecule has 0 bridgehead atoms. The normalized spacial score (nSPS) is 16.4. The Balaban J connectivity index is 1.46. The zero-order chi connectivity index (χ0) is 29.8. The van der Waals surface area contributed by atoms with Gasteiger partial charge in [-0.15, -0.1) is 10.2 Å². The number of nitrogens with two attached hydrogens (primary N) is 1. The van der Waals surface area contributed by atoms with Gasteiger partial charge in [0.1, 0.15) is 23.4 Å². The first kappa shape index (κ1) is 28.7. The lowest BCUT2D eigenvalue weighted by atomic mass is 9.75. The van der Waals surface area contributed by atoms with Crippen molar-refractivity contribution in [1.82, 2.24) is 10.2 Å². The fraction of sp³-hybridized carbons (Fsp3) is 0.241. The second-order valence-electron chi connectivity index (χ2n) is 9.27. The van der Waals surface area contributed by atoms with Crippen molar-refractivity contribution in [3.63, 3.8) is 0 Å². The smallest absolute Gasteiger partial charge is 0.234 e. The highest BCUT2D eigenvalue weighted by molar-refractivity contribution is 8.01. The van der Waals surface area contributed by atoms with Gasteiger partial charge in [0.15, 0.2) is 10.1 Å². The fourth-order valence-corrected chi connectivity index (χ4v) is 6.72. The number of nitrogens with zero attached hydrogens (tertiary/aromatic N) is 5. The first-order valence-electron chi connectivity index (χ1n) is 12.8. The van der Waals surface area contributed by atoms with E-state index < -0.39 is 5.92 Å². The van der Waals surface area contributed by atoms with Crippen molar-refractivity contribution in [2.24, 2.45) is 5.73 Å². The Morgan fingerprint density at radius 2 is 1.98 bits per heavy atom. The Labute approximate surface area is 250 Å². The molecule has 1 aliphatic carbocycles. The fourth-order valence-electron chi connectivity index (χ4n) is 5.04. The zero-order valence-electron chi connectivity index (χ0n) is 22.7. The molecule has 1 amide bonds. The number of carbonyl (C=O) groups is 2. The summed E-state index contributed by atoms with van der Waals surface area (Å²) in [4.78, 5) is 27.7. The quantitative estimate of drug-likeness (QED) is 0.351. The second-order valence-corrected chi connectivity index (χ2v) is 11.4. The van der Waals surface area contributed by atoms with Crippen LogP contribution in [-0.4, -0.2) is 41.9 Å². The molecule has 212 valence electrons. The van der Waals surface area contributed by atoms with E-state index in [-0.39, 0.29) is 28.8 Å². The number of amides is 1. The molecule has 1 aromatic heterocycles. The first-order valence-corrected chi connectivity index (χ1v) is 14.6. The Bertz CT molecular complexity index is 1720. The Kier molecular flexibility index (Phi) is 8.43. The lowest BCUT2D eigenvalue weighted by molar-refractivity contribution is -0.116. The molecule has 42 heavy (non-hydrogen) atoms. The summed E-state index contributed by atoms with van der Waals surface area (Å²) < 4.78 is 11.5. The maximum atomic E-state index is 13.5. The minimum absolute atomic E-state index is 0.0350. The number of nitriles is 2. The molecule has 1 aliphatic heterocycles. The average molecular weight is 600 g/mol. The van der Waals surface area contributed by atoms with Crippen LogP contribution < -0.4 is 25.4 Å². The standard InChI is InChI=1S/C29H25N7O4S2/c1-39-17-10-11-23(40-2)18(12-17)25-19(14-31)27(32)36(21-8-5-9-22(37)26(21)25)28-34-35-29(42-28)41-15-24(38)33-20-7-4-3-6-16(20)13-30/h3-4,6-7,10-12,25H,5,8-9,15,32H2,1-2H3,(H,33,38). The summed E-state index contributed by atoms with van der Waals surface area (Å²) >= 11 is 2.38. The molecule has 0 saturated heterocycles. The van der Waals surface area contributed by atoms with Gasteiger partial charge in [-0.05, 0) is 43.2 Å². The summed E-state index contributed by atoms with van der Waals surface area (Å²) in [5.74, 6) is 0.130. The van der Waals surface area contributed by atoms with Crippen LogP contribution in [0.5, 0.6) is 11.5 Å². The van der Waals surface area contributed by atoms with E-state index in [2.05, 4.69) is 27.7 Å². The predicted octanol–water partition coefficient (Wildman–Crippen LogP) is 4.46. The molecule has 1 atom stereocenters. The molecule has 1 unspecified atom stereocenters. The van der Waals surface area contributed by atoms with E-state index in [1.807, 2.05) is 0 Å². The van der Waals surface area contributed by atoms with Gasteiger partial charge < -0.3 is 20.5 Å². The summed E-state index contributed by atoms with van der Waals surface area (Å²) in [5, 5.41) is 31.2. The van der Waals surface area contributed by atoms with E-state index >= 15 is 0 Å². The van der Waals surface area contributed by atoms with E-state index in [9.17, 15) is 20.1 Å². The van der Waals surface area contributed by atoms with E-state index in [0.29, 0.717) is 68.3 Å². The SMILES string of the molecule is COc1ccc(OC)c(C2C(C#N)=C(N)N(c3nnc(SCC(=O)Nc4ccccc4C#N)s3)C3=C2C(=O)CCC3)c1. The van der Waals surface area contributed by atoms with Crippen molar-refractivity contribution in [1.29, 1.82) is 10.5 Å². The van der Waals surface area contributed by atoms with Crippen LogP contribution >= 0.6 is 23.1 Å². The van der Waals surface area contributed by atoms with Crippen molar-refractivity contribution < 1.29 is 19.1 Å². The van der Waals surface area contributed by atoms with Crippen LogP contribution in [0, 0.1) is 22.7 Å². The van der Waals surface area contributed by atoms with Crippen molar-refractivity contribution in [3.8, 4) is 23.6 Å². The van der Waals surface area contributed by atoms with Crippen molar-refractivity contribution in [2.75, 3.05) is 30.2 Å². The summed E-state index contributed by atoms with van der Waals surface area (Å²) in [6.45, 7) is 0. The lowest BCUT2D eigenvalue weighted by Gasteiger charge is -2.38. The maximum Gasteiger partial charge on any atom is 0.234 e. The van der Waals surface area contributed by atoms with Crippen molar-refractivity contribution in [2.45, 2.75) is 29.5 Å². The number of rotatable bonds is 8. The number of Topliss-reactive ketones (excluding diaryl/α,β-unsaturated/α-hetero) is 1. The number of benzene rings is 2. The number of para-hydroxylation sites is 1. The average Bonchev–Trinajstić information content (AvgIpc) is 3.48. The van der Waals surface area contributed by atoms with E-state index in [1.54, 1.807) is 54.5 Å². The third kappa shape index (κ3) is 5.40. The Morgan fingerprint density at radius 1 is 1.17 bits per heavy atom. The van der Waals surface area contributed by atoms with Gasteiger partial charge in [-0.2, -0.15) is 10.5 Å². The number of thioether (sulfide) groups is 1. The van der Waals surface area contributed by atoms with Crippen LogP contribution in [0.2, 0.25) is 0 Å². The van der Waals surface area contributed by atoms with Crippen LogP contribution in [0.15, 0.2) is 69.5 Å². The molecule has 0 fully saturated rings. The van der Waals surface area contributed by atoms with Crippen LogP contribution in [0.3, 0.4) is 0 Å². The number of allylic oxidation sites excluding steroid dienone is 3. The number of carbonyl (C=O) groups excluding carboxylic acids is 2. The largest absolute Gasteiger partial charge is 0.497 e. The Morgan fingerprint density at radius 3 is 2.71 bits per heavy atom. The molecule has 2 aliphatic rings. The molecule has 3 aromatic rings. The van der Waals surface area contributed by atoms with Gasteiger partial charge in [-0.3, -0.25) is 14.5 Å². The van der Waals surface area contributed by atoms with Gasteiger partial charge in [0.05, 0.1) is 48.8 Å². The minimum Gasteiger partial charge on any atom is -0.497 e. The molecule has 2 heterocycles. The maximum absolute atomic E-state index is 13.5. The number of ether oxygens (including phenoxy) is 2. The van der Waals surface area contributed by atoms with Gasteiger partial charge in [0, 0.05) is 23.3 Å². The summed E-state index contributed by atoms with van der Waals surface area (Å²) in [6, 6.07) is 16.3. The third-order valence-electron chi connectivity index (χ3n) is 6.90. The van der Waals surface area contributed by atoms with E-state index in [4.69, 9.17) is 15.2 Å². The van der Waals surface area contributed by atoms with Crippen LogP contribution in [0.4, 0.5) is 10.8 Å². The number of ketones is 1. The highest BCUT2D eigenvalue weighted by Gasteiger charge is 2.42. The molecule has 0 spiro atoms. The lowest BCUT2D eigenvalue weighted by Crippen LogP contribution is -2.38. The molecule has 13 heteroatoms. The molecule has 0 radical (unpaired) electrons. The molecule has 0 saturated carbocycles. The predicted molar refractivity (Wildman–Crippen MR) is 158 cm³/mol. The van der Waals surface area contributed by atoms with Gasteiger partial charge in [-0.1, -0.05) is 35.2 Å². The number of aromatic nitrogens is 2. The highest BCUT2D eigenvalue weighted by Crippen LogP contribution is 2.49. The highest BCUT2D eigenvalue weighted by atomic mass is 32.2. The first-order chi connectivity index (χ1) is 20.4. The number of hydrogen-bond donors (Lipinski definition) is 2. The molecular formula is C29H25N7O4S2. The number of nitrogens with one attached hydrogen (secondary N) is 1. The second kappa shape index (κ2) is 12.3. The molecule has 2 aromatic carbocycles. The summed E-state index contributed by atoms with van der Waals surface area (Å²) in [5.41, 5.74) is 9.39. The number of hydrogen-bond acceptors (Lipinski definition) is 12. The molecule has 5 rings (SSSR count). The van der Waals surface area contributed by atoms with Crippen molar-refractivity contribution >= 4 is 45.6 Å². The van der Waals surface area contributed by atoms with Crippen molar-refractivity contribution in [3.05, 3.63) is 76.3 Å². The van der Waals surface area contributed by atoms with Crippen LogP contribution in [0.25, 0.3) is 0 Å². The molecule has 11 nitrogen and oxygen atoms in total. The van der Waals surface area contributed by atoms with Gasteiger partial charge in [0.2, 0.25) is 11.0 Å². The zero-order valence-corrected chi connectivity index (χ0v) is 24.3. The monoisotopic (exact) mass is 599 g/mol. The van der Waals surface area contributed by atoms with Gasteiger partial charge in [-0.25, -0.2) is 0 Å². The van der Waals surface area contributed by atoms with Gasteiger partial charge >= 0.3 is 0 Å².